The number of amides is 1. The number of piperidine rings is 1. The Morgan fingerprint density at radius 3 is 3.17 bits per heavy atom. The van der Waals surface area contributed by atoms with E-state index in [1.54, 1.807) is 0 Å². The van der Waals surface area contributed by atoms with Gasteiger partial charge in [0.25, 0.3) is 0 Å². The molecule has 9 heteroatoms. The van der Waals surface area contributed by atoms with Gasteiger partial charge in [0.05, 0.1) is 5.92 Å². The first-order chi connectivity index (χ1) is 11.3. The predicted octanol–water partition coefficient (Wildman–Crippen LogP) is 0.805. The molecule has 1 saturated heterocycles. The van der Waals surface area contributed by atoms with Crippen molar-refractivity contribution < 1.29 is 9.32 Å². The zero-order valence-corrected chi connectivity index (χ0v) is 13.3. The molecular weight excluding hydrogens is 298 g/mol. The molecule has 0 aromatic carbocycles. The van der Waals surface area contributed by atoms with E-state index in [4.69, 9.17) is 4.52 Å². The highest BCUT2D eigenvalue weighted by atomic mass is 16.5. The number of carbonyl (C=O) groups excluding carboxylic acids is 1. The van der Waals surface area contributed by atoms with E-state index in [0.717, 1.165) is 44.5 Å². The molecule has 1 fully saturated rings. The summed E-state index contributed by atoms with van der Waals surface area (Å²) in [5, 5.41) is 14.8. The Morgan fingerprint density at radius 2 is 2.39 bits per heavy atom. The standard InChI is InChI=1S/C14H21N7O2/c1-2-3-6-12-16-14(23-17-12)11-5-4-7-20(8-11)13(22)9-21-10-15-18-19-21/h10-11H,2-9H2,1H3. The maximum atomic E-state index is 12.3. The van der Waals surface area contributed by atoms with Crippen LogP contribution >= 0.6 is 0 Å². The Hall–Kier alpha value is -2.32. The Bertz CT molecular complexity index is 625. The first kappa shape index (κ1) is 15.6. The number of likely N-dealkylation sites (tertiary alicyclic amines) is 1. The summed E-state index contributed by atoms with van der Waals surface area (Å²) in [6, 6.07) is 0. The zero-order valence-electron chi connectivity index (χ0n) is 13.3. The summed E-state index contributed by atoms with van der Waals surface area (Å²) in [4.78, 5) is 18.6. The van der Waals surface area contributed by atoms with Gasteiger partial charge in [-0.3, -0.25) is 4.79 Å². The van der Waals surface area contributed by atoms with Gasteiger partial charge in [-0.1, -0.05) is 18.5 Å². The molecule has 1 aliphatic rings. The second kappa shape index (κ2) is 7.30. The molecule has 9 nitrogen and oxygen atoms in total. The van der Waals surface area contributed by atoms with Crippen molar-refractivity contribution in [3.05, 3.63) is 18.0 Å². The lowest BCUT2D eigenvalue weighted by Crippen LogP contribution is -2.41. The quantitative estimate of drug-likeness (QED) is 0.776. The van der Waals surface area contributed by atoms with Crippen molar-refractivity contribution in [2.45, 2.75) is 51.5 Å². The normalized spacial score (nSPS) is 18.3. The highest BCUT2D eigenvalue weighted by Crippen LogP contribution is 2.26. The van der Waals surface area contributed by atoms with Gasteiger partial charge in [-0.2, -0.15) is 4.98 Å². The lowest BCUT2D eigenvalue weighted by atomic mass is 9.98. The van der Waals surface area contributed by atoms with Crippen LogP contribution in [0, 0.1) is 0 Å². The largest absolute Gasteiger partial charge is 0.340 e. The Labute approximate surface area is 134 Å². The maximum Gasteiger partial charge on any atom is 0.244 e. The molecule has 1 unspecified atom stereocenters. The van der Waals surface area contributed by atoms with Crippen molar-refractivity contribution >= 4 is 5.91 Å². The molecule has 124 valence electrons. The van der Waals surface area contributed by atoms with Gasteiger partial charge in [-0.25, -0.2) is 4.68 Å². The molecule has 3 rings (SSSR count). The van der Waals surface area contributed by atoms with E-state index in [-0.39, 0.29) is 18.4 Å². The fourth-order valence-electron chi connectivity index (χ4n) is 2.77. The first-order valence-corrected chi connectivity index (χ1v) is 8.07. The minimum Gasteiger partial charge on any atom is -0.340 e. The number of carbonyl (C=O) groups is 1. The van der Waals surface area contributed by atoms with Crippen molar-refractivity contribution in [2.24, 2.45) is 0 Å². The molecule has 1 aliphatic heterocycles. The van der Waals surface area contributed by atoms with Crippen LogP contribution < -0.4 is 0 Å². The number of aromatic nitrogens is 6. The van der Waals surface area contributed by atoms with Crippen molar-refractivity contribution in [2.75, 3.05) is 13.1 Å². The first-order valence-electron chi connectivity index (χ1n) is 8.07. The molecule has 2 aromatic heterocycles. The van der Waals surface area contributed by atoms with E-state index in [1.807, 2.05) is 4.90 Å². The molecule has 1 amide bonds. The van der Waals surface area contributed by atoms with Crippen molar-refractivity contribution in [3.8, 4) is 0 Å². The van der Waals surface area contributed by atoms with Crippen molar-refractivity contribution in [1.82, 2.24) is 35.2 Å². The lowest BCUT2D eigenvalue weighted by molar-refractivity contribution is -0.133. The van der Waals surface area contributed by atoms with Gasteiger partial charge in [-0.05, 0) is 29.7 Å². The number of unbranched alkanes of at least 4 members (excludes halogenated alkanes) is 1. The van der Waals surface area contributed by atoms with Crippen LogP contribution in [0.2, 0.25) is 0 Å². The van der Waals surface area contributed by atoms with E-state index in [0.29, 0.717) is 12.4 Å². The van der Waals surface area contributed by atoms with Crippen LogP contribution in [-0.4, -0.2) is 54.2 Å². The number of hydrogen-bond donors (Lipinski definition) is 0. The Balaban J connectivity index is 1.59. The second-order valence-electron chi connectivity index (χ2n) is 5.84. The third kappa shape index (κ3) is 3.91. The predicted molar refractivity (Wildman–Crippen MR) is 79.3 cm³/mol. The topological polar surface area (TPSA) is 103 Å². The number of hydrogen-bond acceptors (Lipinski definition) is 7. The molecule has 0 spiro atoms. The van der Waals surface area contributed by atoms with E-state index in [2.05, 4.69) is 32.6 Å². The summed E-state index contributed by atoms with van der Waals surface area (Å²) in [5.74, 6) is 1.53. The van der Waals surface area contributed by atoms with Gasteiger partial charge in [-0.15, -0.1) is 5.10 Å². The molecule has 0 radical (unpaired) electrons. The highest BCUT2D eigenvalue weighted by Gasteiger charge is 2.28. The highest BCUT2D eigenvalue weighted by molar-refractivity contribution is 5.76. The number of rotatable bonds is 6. The van der Waals surface area contributed by atoms with Crippen LogP contribution in [0.4, 0.5) is 0 Å². The van der Waals surface area contributed by atoms with Gasteiger partial charge < -0.3 is 9.42 Å². The zero-order chi connectivity index (χ0) is 16.1. The van der Waals surface area contributed by atoms with Crippen LogP contribution in [0.1, 0.15) is 50.2 Å². The Morgan fingerprint density at radius 1 is 1.48 bits per heavy atom. The molecule has 0 N–H and O–H groups in total. The molecular formula is C14H21N7O2. The van der Waals surface area contributed by atoms with Crippen LogP contribution in [0.5, 0.6) is 0 Å². The fraction of sp³-hybridized carbons (Fsp3) is 0.714. The molecule has 23 heavy (non-hydrogen) atoms. The minimum absolute atomic E-state index is 0.00715. The molecule has 0 saturated carbocycles. The lowest BCUT2D eigenvalue weighted by Gasteiger charge is -2.30. The third-order valence-corrected chi connectivity index (χ3v) is 4.05. The Kier molecular flexibility index (Phi) is 4.94. The third-order valence-electron chi connectivity index (χ3n) is 4.05. The molecule has 0 aliphatic carbocycles. The molecule has 3 heterocycles. The van der Waals surface area contributed by atoms with Crippen LogP contribution in [0.25, 0.3) is 0 Å². The van der Waals surface area contributed by atoms with Gasteiger partial charge in [0.2, 0.25) is 11.8 Å². The summed E-state index contributed by atoms with van der Waals surface area (Å²) < 4.78 is 6.83. The van der Waals surface area contributed by atoms with Crippen LogP contribution in [0.15, 0.2) is 10.9 Å². The summed E-state index contributed by atoms with van der Waals surface area (Å²) >= 11 is 0. The van der Waals surface area contributed by atoms with Crippen LogP contribution in [-0.2, 0) is 17.8 Å². The summed E-state index contributed by atoms with van der Waals surface area (Å²) in [7, 11) is 0. The van der Waals surface area contributed by atoms with E-state index in [9.17, 15) is 4.79 Å². The molecule has 2 aromatic rings. The van der Waals surface area contributed by atoms with Crippen molar-refractivity contribution in [3.63, 3.8) is 0 Å². The number of nitrogens with zero attached hydrogens (tertiary/aromatic N) is 7. The van der Waals surface area contributed by atoms with Gasteiger partial charge in [0.15, 0.2) is 5.82 Å². The summed E-state index contributed by atoms with van der Waals surface area (Å²) in [6.07, 6.45) is 6.34. The van der Waals surface area contributed by atoms with Gasteiger partial charge in [0.1, 0.15) is 12.9 Å². The van der Waals surface area contributed by atoms with Gasteiger partial charge in [0, 0.05) is 19.5 Å². The number of tetrazole rings is 1. The molecule has 0 bridgehead atoms. The van der Waals surface area contributed by atoms with Crippen molar-refractivity contribution in [1.29, 1.82) is 0 Å². The average Bonchev–Trinajstić information content (AvgIpc) is 3.24. The molecule has 1 atom stereocenters. The maximum absolute atomic E-state index is 12.3. The van der Waals surface area contributed by atoms with E-state index >= 15 is 0 Å². The monoisotopic (exact) mass is 319 g/mol. The smallest absolute Gasteiger partial charge is 0.244 e. The minimum atomic E-state index is 0.00715. The fourth-order valence-corrected chi connectivity index (χ4v) is 2.77. The number of aryl methyl sites for hydroxylation is 1. The van der Waals surface area contributed by atoms with E-state index in [1.165, 1.54) is 11.0 Å². The summed E-state index contributed by atoms with van der Waals surface area (Å²) in [6.45, 7) is 3.65. The summed E-state index contributed by atoms with van der Waals surface area (Å²) in [5.41, 5.74) is 0. The van der Waals surface area contributed by atoms with Crippen LogP contribution in [0.3, 0.4) is 0 Å². The SMILES string of the molecule is CCCCc1noc(C2CCCN(C(=O)Cn3cnnn3)C2)n1. The van der Waals surface area contributed by atoms with Gasteiger partial charge >= 0.3 is 0 Å². The average molecular weight is 319 g/mol. The second-order valence-corrected chi connectivity index (χ2v) is 5.84. The van der Waals surface area contributed by atoms with E-state index < -0.39 is 0 Å².